The molecule has 0 unspecified atom stereocenters. The standard InChI is InChI=1S/C8H14O4S/c1-8(2,3)4-13-5(6(9)10)7(11)12/h5H,4H2,1-3H3,(H,9,10)(H,11,12). The Morgan fingerprint density at radius 2 is 1.62 bits per heavy atom. The zero-order valence-corrected chi connectivity index (χ0v) is 8.72. The van der Waals surface area contributed by atoms with Crippen LogP contribution in [-0.2, 0) is 9.59 Å². The summed E-state index contributed by atoms with van der Waals surface area (Å²) in [5.41, 5.74) is -0.0617. The predicted molar refractivity (Wildman–Crippen MR) is 51.0 cm³/mol. The molecular formula is C8H14O4S. The lowest BCUT2D eigenvalue weighted by atomic mass is 10.0. The third kappa shape index (κ3) is 5.52. The molecule has 0 aromatic heterocycles. The molecule has 0 aromatic rings. The summed E-state index contributed by atoms with van der Waals surface area (Å²) >= 11 is 0.946. The quantitative estimate of drug-likeness (QED) is 0.678. The summed E-state index contributed by atoms with van der Waals surface area (Å²) in [7, 11) is 0. The van der Waals surface area contributed by atoms with Crippen molar-refractivity contribution in [3.63, 3.8) is 0 Å². The van der Waals surface area contributed by atoms with Gasteiger partial charge in [-0.3, -0.25) is 9.59 Å². The lowest BCUT2D eigenvalue weighted by Crippen LogP contribution is -2.28. The van der Waals surface area contributed by atoms with E-state index >= 15 is 0 Å². The van der Waals surface area contributed by atoms with Crippen LogP contribution in [0.5, 0.6) is 0 Å². The van der Waals surface area contributed by atoms with E-state index in [2.05, 4.69) is 0 Å². The lowest BCUT2D eigenvalue weighted by molar-refractivity contribution is -0.146. The Kier molecular flexibility index (Phi) is 4.26. The summed E-state index contributed by atoms with van der Waals surface area (Å²) in [6.45, 7) is 5.79. The Balaban J connectivity index is 4.14. The van der Waals surface area contributed by atoms with Gasteiger partial charge in [-0.15, -0.1) is 11.8 Å². The van der Waals surface area contributed by atoms with Gasteiger partial charge < -0.3 is 10.2 Å². The second kappa shape index (κ2) is 4.50. The molecule has 0 heterocycles. The molecule has 76 valence electrons. The van der Waals surface area contributed by atoms with E-state index in [9.17, 15) is 9.59 Å². The van der Waals surface area contributed by atoms with Gasteiger partial charge in [0, 0.05) is 0 Å². The molecule has 0 saturated carbocycles. The highest BCUT2D eigenvalue weighted by Gasteiger charge is 2.27. The number of hydrogen-bond donors (Lipinski definition) is 2. The molecule has 2 N–H and O–H groups in total. The highest BCUT2D eigenvalue weighted by Crippen LogP contribution is 2.24. The van der Waals surface area contributed by atoms with E-state index in [1.165, 1.54) is 0 Å². The topological polar surface area (TPSA) is 74.6 Å². The number of carbonyl (C=O) groups is 2. The van der Waals surface area contributed by atoms with Crippen molar-refractivity contribution >= 4 is 23.7 Å². The minimum atomic E-state index is -1.35. The predicted octanol–water partition coefficient (Wildman–Crippen LogP) is 1.30. The molecule has 0 rings (SSSR count). The highest BCUT2D eigenvalue weighted by atomic mass is 32.2. The van der Waals surface area contributed by atoms with Crippen LogP contribution >= 0.6 is 11.8 Å². The zero-order valence-electron chi connectivity index (χ0n) is 7.90. The van der Waals surface area contributed by atoms with Crippen molar-refractivity contribution in [2.45, 2.75) is 26.0 Å². The van der Waals surface area contributed by atoms with Gasteiger partial charge in [0.1, 0.15) is 0 Å². The van der Waals surface area contributed by atoms with Gasteiger partial charge in [0.25, 0.3) is 0 Å². The molecule has 0 aliphatic heterocycles. The van der Waals surface area contributed by atoms with Gasteiger partial charge in [-0.05, 0) is 11.2 Å². The van der Waals surface area contributed by atoms with Crippen molar-refractivity contribution in [3.8, 4) is 0 Å². The van der Waals surface area contributed by atoms with Crippen LogP contribution in [-0.4, -0.2) is 33.2 Å². The van der Waals surface area contributed by atoms with Crippen LogP contribution in [0.3, 0.4) is 0 Å². The Hall–Kier alpha value is -0.710. The number of rotatable bonds is 4. The Morgan fingerprint density at radius 3 is 1.85 bits per heavy atom. The molecule has 4 nitrogen and oxygen atoms in total. The van der Waals surface area contributed by atoms with Crippen molar-refractivity contribution in [2.75, 3.05) is 5.75 Å². The van der Waals surface area contributed by atoms with Gasteiger partial charge in [-0.2, -0.15) is 0 Å². The molecule has 0 aliphatic rings. The van der Waals surface area contributed by atoms with E-state index in [-0.39, 0.29) is 5.41 Å². The Morgan fingerprint density at radius 1 is 1.23 bits per heavy atom. The Bertz CT molecular complexity index is 193. The van der Waals surface area contributed by atoms with Gasteiger partial charge >= 0.3 is 11.9 Å². The number of carboxylic acid groups (broad SMARTS) is 2. The first-order valence-electron chi connectivity index (χ1n) is 3.81. The maximum absolute atomic E-state index is 10.5. The minimum absolute atomic E-state index is 0.0617. The van der Waals surface area contributed by atoms with Crippen LogP contribution in [0.2, 0.25) is 0 Å². The summed E-state index contributed by atoms with van der Waals surface area (Å²) in [5.74, 6) is -2.07. The summed E-state index contributed by atoms with van der Waals surface area (Å²) in [4.78, 5) is 20.9. The SMILES string of the molecule is CC(C)(C)CSC(C(=O)O)C(=O)O. The average Bonchev–Trinajstić information content (AvgIpc) is 1.82. The third-order valence-corrected chi connectivity index (χ3v) is 2.90. The molecule has 0 aromatic carbocycles. The van der Waals surface area contributed by atoms with Crippen LogP contribution in [0.25, 0.3) is 0 Å². The molecule has 0 aliphatic carbocycles. The van der Waals surface area contributed by atoms with Gasteiger partial charge in [-0.25, -0.2) is 0 Å². The average molecular weight is 206 g/mol. The van der Waals surface area contributed by atoms with Crippen LogP contribution in [0.4, 0.5) is 0 Å². The normalized spacial score (nSPS) is 11.7. The van der Waals surface area contributed by atoms with Crippen molar-refractivity contribution in [3.05, 3.63) is 0 Å². The molecular weight excluding hydrogens is 192 g/mol. The Labute approximate surface area is 81.3 Å². The molecule has 0 atom stereocenters. The first kappa shape index (κ1) is 12.3. The molecule has 5 heteroatoms. The molecule has 0 fully saturated rings. The van der Waals surface area contributed by atoms with E-state index in [4.69, 9.17) is 10.2 Å². The largest absolute Gasteiger partial charge is 0.480 e. The monoisotopic (exact) mass is 206 g/mol. The maximum atomic E-state index is 10.5. The fourth-order valence-electron chi connectivity index (χ4n) is 0.582. The van der Waals surface area contributed by atoms with Crippen LogP contribution in [0.15, 0.2) is 0 Å². The van der Waals surface area contributed by atoms with Gasteiger partial charge in [0.2, 0.25) is 0 Å². The molecule has 13 heavy (non-hydrogen) atoms. The van der Waals surface area contributed by atoms with Crippen molar-refractivity contribution in [1.29, 1.82) is 0 Å². The summed E-state index contributed by atoms with van der Waals surface area (Å²) in [5, 5.41) is 15.7. The minimum Gasteiger partial charge on any atom is -0.480 e. The van der Waals surface area contributed by atoms with E-state index in [0.29, 0.717) is 5.75 Å². The lowest BCUT2D eigenvalue weighted by Gasteiger charge is -2.18. The zero-order chi connectivity index (χ0) is 10.6. The molecule has 0 amide bonds. The number of carboxylic acids is 2. The first-order chi connectivity index (χ1) is 5.74. The number of hydrogen-bond acceptors (Lipinski definition) is 3. The van der Waals surface area contributed by atoms with E-state index in [1.807, 2.05) is 20.8 Å². The van der Waals surface area contributed by atoms with Crippen LogP contribution in [0.1, 0.15) is 20.8 Å². The van der Waals surface area contributed by atoms with Crippen molar-refractivity contribution < 1.29 is 19.8 Å². The molecule has 0 spiro atoms. The van der Waals surface area contributed by atoms with Crippen molar-refractivity contribution in [2.24, 2.45) is 5.41 Å². The van der Waals surface area contributed by atoms with E-state index < -0.39 is 17.2 Å². The van der Waals surface area contributed by atoms with Gasteiger partial charge in [-0.1, -0.05) is 20.8 Å². The maximum Gasteiger partial charge on any atom is 0.328 e. The molecule has 0 saturated heterocycles. The van der Waals surface area contributed by atoms with Crippen LogP contribution < -0.4 is 0 Å². The van der Waals surface area contributed by atoms with Gasteiger partial charge in [0.15, 0.2) is 5.25 Å². The second-order valence-electron chi connectivity index (χ2n) is 3.93. The summed E-state index contributed by atoms with van der Waals surface area (Å²) in [6.07, 6.45) is 0. The second-order valence-corrected chi connectivity index (χ2v) is 5.02. The third-order valence-electron chi connectivity index (χ3n) is 1.13. The summed E-state index contributed by atoms with van der Waals surface area (Å²) in [6, 6.07) is 0. The number of aliphatic carboxylic acids is 2. The smallest absolute Gasteiger partial charge is 0.328 e. The molecule has 0 bridgehead atoms. The first-order valence-corrected chi connectivity index (χ1v) is 4.86. The summed E-state index contributed by atoms with van der Waals surface area (Å²) < 4.78 is 0. The molecule has 0 radical (unpaired) electrons. The fourth-order valence-corrected chi connectivity index (χ4v) is 1.53. The van der Waals surface area contributed by atoms with Crippen LogP contribution in [0, 0.1) is 5.41 Å². The van der Waals surface area contributed by atoms with Crippen molar-refractivity contribution in [1.82, 2.24) is 0 Å². The van der Waals surface area contributed by atoms with E-state index in [1.54, 1.807) is 0 Å². The number of thioether (sulfide) groups is 1. The van der Waals surface area contributed by atoms with E-state index in [0.717, 1.165) is 11.8 Å². The highest BCUT2D eigenvalue weighted by molar-refractivity contribution is 8.01. The fraction of sp³-hybridized carbons (Fsp3) is 0.750. The van der Waals surface area contributed by atoms with Gasteiger partial charge in [0.05, 0.1) is 0 Å².